The summed E-state index contributed by atoms with van der Waals surface area (Å²) < 4.78 is 40.8. The maximum atomic E-state index is 11.6. The largest absolute Gasteiger partial charge is 0.481 e. The van der Waals surface area contributed by atoms with Gasteiger partial charge in [0, 0.05) is 0 Å². The Balaban J connectivity index is 2.14. The van der Waals surface area contributed by atoms with E-state index < -0.39 is 58.7 Å². The maximum Gasteiger partial charge on any atom is 0.397 e. The highest BCUT2D eigenvalue weighted by molar-refractivity contribution is 7.80. The number of carbonyl (C=O) groups is 1. The summed E-state index contributed by atoms with van der Waals surface area (Å²) >= 11 is 0. The van der Waals surface area contributed by atoms with Crippen molar-refractivity contribution in [2.75, 3.05) is 13.7 Å². The Morgan fingerprint density at radius 1 is 1.22 bits per heavy atom. The number of hydrogen-bond acceptors (Lipinski definition) is 8. The quantitative estimate of drug-likeness (QED) is 0.342. The highest BCUT2D eigenvalue weighted by atomic mass is 32.3. The van der Waals surface area contributed by atoms with Gasteiger partial charge in [0.05, 0.1) is 43.0 Å². The van der Waals surface area contributed by atoms with Crippen LogP contribution in [0.5, 0.6) is 0 Å². The van der Waals surface area contributed by atoms with Crippen molar-refractivity contribution in [3.05, 3.63) is 0 Å². The molecule has 0 saturated heterocycles. The minimum absolute atomic E-state index is 0.120. The summed E-state index contributed by atoms with van der Waals surface area (Å²) in [5.41, 5.74) is 0. The molecule has 158 valence electrons. The first-order valence-electron chi connectivity index (χ1n) is 9.07. The molecule has 0 amide bonds. The Kier molecular flexibility index (Phi) is 7.59. The molecule has 0 radical (unpaired) electrons. The zero-order valence-corrected chi connectivity index (χ0v) is 16.2. The lowest BCUT2D eigenvalue weighted by atomic mass is 9.77. The van der Waals surface area contributed by atoms with Gasteiger partial charge in [0.15, 0.2) is 0 Å². The van der Waals surface area contributed by atoms with Crippen molar-refractivity contribution in [3.63, 3.8) is 0 Å². The first-order valence-corrected chi connectivity index (χ1v) is 10.4. The van der Waals surface area contributed by atoms with Crippen LogP contribution in [0.3, 0.4) is 0 Å². The molecule has 0 aliphatic heterocycles. The molecule has 2 saturated carbocycles. The van der Waals surface area contributed by atoms with E-state index in [0.29, 0.717) is 12.8 Å². The number of aliphatic hydroxyl groups is 2. The molecule has 2 aliphatic carbocycles. The predicted octanol–water partition coefficient (Wildman–Crippen LogP) is -0.590. The van der Waals surface area contributed by atoms with E-state index in [1.807, 2.05) is 6.92 Å². The van der Waals surface area contributed by atoms with Gasteiger partial charge >= 0.3 is 16.4 Å². The molecule has 0 aromatic carbocycles. The second-order valence-electron chi connectivity index (χ2n) is 7.56. The van der Waals surface area contributed by atoms with Crippen LogP contribution in [-0.4, -0.2) is 78.4 Å². The van der Waals surface area contributed by atoms with Crippen molar-refractivity contribution in [1.29, 1.82) is 0 Å². The molecule has 2 aliphatic rings. The van der Waals surface area contributed by atoms with Crippen LogP contribution in [0.1, 0.15) is 32.6 Å². The number of aliphatic carboxylic acids is 1. The van der Waals surface area contributed by atoms with Crippen LogP contribution in [0, 0.1) is 17.8 Å². The van der Waals surface area contributed by atoms with E-state index >= 15 is 0 Å². The molecule has 4 unspecified atom stereocenters. The lowest BCUT2D eigenvalue weighted by Gasteiger charge is -2.44. The molecule has 0 bridgehead atoms. The topological polar surface area (TPSA) is 163 Å². The van der Waals surface area contributed by atoms with Crippen LogP contribution < -0.4 is 5.32 Å². The third-order valence-corrected chi connectivity index (χ3v) is 6.07. The van der Waals surface area contributed by atoms with E-state index in [2.05, 4.69) is 9.50 Å². The van der Waals surface area contributed by atoms with Gasteiger partial charge in [-0.2, -0.15) is 8.42 Å². The number of nitrogens with one attached hydrogen (secondary N) is 1. The van der Waals surface area contributed by atoms with E-state index in [-0.39, 0.29) is 25.4 Å². The highest BCUT2D eigenvalue weighted by Gasteiger charge is 2.45. The maximum absolute atomic E-state index is 11.6. The van der Waals surface area contributed by atoms with Gasteiger partial charge in [0.1, 0.15) is 0 Å². The van der Waals surface area contributed by atoms with E-state index in [9.17, 15) is 28.5 Å². The van der Waals surface area contributed by atoms with Crippen molar-refractivity contribution in [2.24, 2.45) is 17.8 Å². The number of hydrogen-bond donors (Lipinski definition) is 5. The molecular weight excluding hydrogens is 382 g/mol. The number of carboxylic acid groups (broad SMARTS) is 1. The SMILES string of the molecule is CNC1[C@@H](O)CC(COS(=O)(=O)O)C[C@H]1O[C@H]1C(C(=O)O)CCC(C)[C@H]1O. The van der Waals surface area contributed by atoms with Gasteiger partial charge in [-0.3, -0.25) is 9.35 Å². The standard InChI is InChI=1S/C16H29NO9S/c1-8-3-4-10(16(20)21)15(14(8)19)26-12-6-9(7-25-27(22,23)24)5-11(18)13(12)17-2/h8-15,17-19H,3-7H2,1-2H3,(H,20,21)(H,22,23,24)/t8?,9?,10?,11-,12+,13?,14+,15-/m0/s1. The third-order valence-electron chi connectivity index (χ3n) is 5.64. The van der Waals surface area contributed by atoms with Gasteiger partial charge in [-0.05, 0) is 44.6 Å². The van der Waals surface area contributed by atoms with Crippen molar-refractivity contribution >= 4 is 16.4 Å². The zero-order valence-electron chi connectivity index (χ0n) is 15.4. The fourth-order valence-electron chi connectivity index (χ4n) is 4.12. The highest BCUT2D eigenvalue weighted by Crippen LogP contribution is 2.36. The first-order chi connectivity index (χ1) is 12.5. The van der Waals surface area contributed by atoms with E-state index in [0.717, 1.165) is 0 Å². The molecular formula is C16H29NO9S. The molecule has 11 heteroatoms. The second-order valence-corrected chi connectivity index (χ2v) is 8.65. The molecule has 2 rings (SSSR count). The normalized spacial score (nSPS) is 40.6. The Labute approximate surface area is 158 Å². The van der Waals surface area contributed by atoms with Crippen molar-refractivity contribution in [2.45, 2.75) is 63.1 Å². The first kappa shape index (κ1) is 22.5. The Hall–Kier alpha value is -0.820. The van der Waals surface area contributed by atoms with E-state index in [1.165, 1.54) is 0 Å². The molecule has 0 aromatic rings. The van der Waals surface area contributed by atoms with Crippen LogP contribution in [-0.2, 0) is 24.1 Å². The predicted molar refractivity (Wildman–Crippen MR) is 93.3 cm³/mol. The Morgan fingerprint density at radius 3 is 2.44 bits per heavy atom. The smallest absolute Gasteiger partial charge is 0.397 e. The molecule has 0 aromatic heterocycles. The fraction of sp³-hybridized carbons (Fsp3) is 0.938. The minimum Gasteiger partial charge on any atom is -0.481 e. The van der Waals surface area contributed by atoms with Crippen molar-refractivity contribution in [3.8, 4) is 0 Å². The monoisotopic (exact) mass is 411 g/mol. The van der Waals surface area contributed by atoms with Gasteiger partial charge < -0.3 is 25.4 Å². The molecule has 5 N–H and O–H groups in total. The number of ether oxygens (including phenoxy) is 1. The number of likely N-dealkylation sites (N-methyl/N-ethyl adjacent to an activating group) is 1. The molecule has 27 heavy (non-hydrogen) atoms. The third kappa shape index (κ3) is 5.83. The van der Waals surface area contributed by atoms with Crippen LogP contribution in [0.2, 0.25) is 0 Å². The van der Waals surface area contributed by atoms with Gasteiger partial charge in [-0.25, -0.2) is 4.18 Å². The van der Waals surface area contributed by atoms with Gasteiger partial charge in [0.25, 0.3) is 0 Å². The summed E-state index contributed by atoms with van der Waals surface area (Å²) in [6, 6.07) is -0.508. The van der Waals surface area contributed by atoms with Crippen LogP contribution >= 0.6 is 0 Å². The van der Waals surface area contributed by atoms with Crippen LogP contribution in [0.15, 0.2) is 0 Å². The molecule has 0 heterocycles. The second kappa shape index (κ2) is 9.12. The van der Waals surface area contributed by atoms with Crippen LogP contribution in [0.25, 0.3) is 0 Å². The van der Waals surface area contributed by atoms with Gasteiger partial charge in [0.2, 0.25) is 0 Å². The summed E-state index contributed by atoms with van der Waals surface area (Å²) in [4.78, 5) is 11.6. The average Bonchev–Trinajstić information content (AvgIpc) is 2.56. The number of aliphatic hydroxyl groups excluding tert-OH is 2. The number of carboxylic acids is 1. The Bertz CT molecular complexity index is 613. The summed E-state index contributed by atoms with van der Waals surface area (Å²) in [7, 11) is -2.96. The van der Waals surface area contributed by atoms with Crippen molar-refractivity contribution < 1.29 is 42.0 Å². The van der Waals surface area contributed by atoms with E-state index in [4.69, 9.17) is 9.29 Å². The Morgan fingerprint density at radius 2 is 1.89 bits per heavy atom. The summed E-state index contributed by atoms with van der Waals surface area (Å²) in [6.07, 6.45) is -1.96. The molecule has 0 spiro atoms. The van der Waals surface area contributed by atoms with E-state index in [1.54, 1.807) is 7.05 Å². The lowest BCUT2D eigenvalue weighted by Crippen LogP contribution is -2.57. The average molecular weight is 411 g/mol. The molecule has 2 fully saturated rings. The lowest BCUT2D eigenvalue weighted by molar-refractivity contribution is -0.182. The zero-order chi connectivity index (χ0) is 20.4. The summed E-state index contributed by atoms with van der Waals surface area (Å²) in [5.74, 6) is -2.45. The fourth-order valence-corrected chi connectivity index (χ4v) is 4.49. The number of rotatable bonds is 7. The molecule has 8 atom stereocenters. The summed E-state index contributed by atoms with van der Waals surface area (Å²) in [6.45, 7) is 1.51. The summed E-state index contributed by atoms with van der Waals surface area (Å²) in [5, 5.41) is 33.3. The van der Waals surface area contributed by atoms with Crippen molar-refractivity contribution in [1.82, 2.24) is 5.32 Å². The molecule has 10 nitrogen and oxygen atoms in total. The van der Waals surface area contributed by atoms with Gasteiger partial charge in [-0.1, -0.05) is 6.92 Å². The minimum atomic E-state index is -4.60. The van der Waals surface area contributed by atoms with Gasteiger partial charge in [-0.15, -0.1) is 0 Å². The van der Waals surface area contributed by atoms with Crippen LogP contribution in [0.4, 0.5) is 0 Å².